The summed E-state index contributed by atoms with van der Waals surface area (Å²) in [7, 11) is -3.12. The lowest BCUT2D eigenvalue weighted by Crippen LogP contribution is -2.26. The summed E-state index contributed by atoms with van der Waals surface area (Å²) in [6.45, 7) is -1.14. The lowest BCUT2D eigenvalue weighted by atomic mass is 9.85. The average molecular weight is 411 g/mol. The number of nitrogens with zero attached hydrogens (tertiary/aromatic N) is 2. The second-order valence-electron chi connectivity index (χ2n) is 7.11. The van der Waals surface area contributed by atoms with Crippen molar-refractivity contribution in [1.29, 1.82) is 0 Å². The van der Waals surface area contributed by atoms with E-state index in [1.165, 1.54) is 12.1 Å². The van der Waals surface area contributed by atoms with Gasteiger partial charge in [-0.3, -0.25) is 4.79 Å². The summed E-state index contributed by atoms with van der Waals surface area (Å²) in [5, 5.41) is 7.32. The minimum Gasteiger partial charge on any atom is -0.435 e. The van der Waals surface area contributed by atoms with Gasteiger partial charge >= 0.3 is 6.61 Å². The number of ether oxygens (including phenoxy) is 1. The van der Waals surface area contributed by atoms with E-state index in [2.05, 4.69) is 15.2 Å². The van der Waals surface area contributed by atoms with Crippen molar-refractivity contribution >= 4 is 21.6 Å². The number of nitrogens with one attached hydrogen (secondary N) is 1. The van der Waals surface area contributed by atoms with Crippen LogP contribution in [-0.2, 0) is 14.6 Å². The number of fused-ring (bicyclic) bond motifs is 1. The van der Waals surface area contributed by atoms with Crippen LogP contribution >= 0.6 is 0 Å². The van der Waals surface area contributed by atoms with E-state index in [-0.39, 0.29) is 41.5 Å². The highest BCUT2D eigenvalue weighted by atomic mass is 32.2. The van der Waals surface area contributed by atoms with Gasteiger partial charge in [0.15, 0.2) is 9.84 Å². The first-order chi connectivity index (χ1) is 13.2. The topological polar surface area (TPSA) is 90.3 Å². The Morgan fingerprint density at radius 1 is 1.36 bits per heavy atom. The molecule has 1 aromatic carbocycles. The molecule has 1 fully saturated rings. The zero-order valence-corrected chi connectivity index (χ0v) is 15.9. The first kappa shape index (κ1) is 18.9. The highest BCUT2D eigenvalue weighted by Crippen LogP contribution is 2.42. The molecule has 0 radical (unpaired) electrons. The van der Waals surface area contributed by atoms with Gasteiger partial charge in [-0.25, -0.2) is 13.1 Å². The molecule has 2 aromatic rings. The van der Waals surface area contributed by atoms with Gasteiger partial charge in [-0.15, -0.1) is 0 Å². The standard InChI is InChI=1S/C18H19F2N3O4S/c1-10-16-14(11-3-2-4-13(7-11)27-18(19)20)8-15(24)21-17(16)23(22-10)12-5-6-28(25,26)9-12/h2-4,7,12,14,18H,5-6,8-9H2,1H3,(H,21,24)/t12-,14-/m0/s1. The molecule has 3 heterocycles. The summed E-state index contributed by atoms with van der Waals surface area (Å²) in [5.74, 6) is -0.0291. The van der Waals surface area contributed by atoms with Crippen LogP contribution in [-0.4, -0.2) is 42.2 Å². The van der Waals surface area contributed by atoms with Crippen molar-refractivity contribution < 1.29 is 26.7 Å². The van der Waals surface area contributed by atoms with Gasteiger partial charge in [-0.1, -0.05) is 12.1 Å². The zero-order chi connectivity index (χ0) is 20.1. The molecule has 0 aliphatic carbocycles. The molecule has 1 N–H and O–H groups in total. The van der Waals surface area contributed by atoms with Crippen molar-refractivity contribution in [3.63, 3.8) is 0 Å². The number of amides is 1. The van der Waals surface area contributed by atoms with E-state index in [9.17, 15) is 22.0 Å². The van der Waals surface area contributed by atoms with Crippen LogP contribution in [0.25, 0.3) is 0 Å². The van der Waals surface area contributed by atoms with Gasteiger partial charge in [0, 0.05) is 17.9 Å². The normalized spacial score (nSPS) is 23.5. The molecule has 10 heteroatoms. The fourth-order valence-electron chi connectivity index (χ4n) is 4.00. The Kier molecular flexibility index (Phi) is 4.60. The number of alkyl halides is 2. The lowest BCUT2D eigenvalue weighted by molar-refractivity contribution is -0.116. The Morgan fingerprint density at radius 2 is 2.14 bits per heavy atom. The van der Waals surface area contributed by atoms with Crippen LogP contribution in [0.15, 0.2) is 24.3 Å². The maximum absolute atomic E-state index is 12.5. The maximum Gasteiger partial charge on any atom is 0.387 e. The van der Waals surface area contributed by atoms with Gasteiger partial charge in [-0.05, 0) is 31.0 Å². The number of carbonyl (C=O) groups excluding carboxylic acids is 1. The van der Waals surface area contributed by atoms with Crippen molar-refractivity contribution in [2.24, 2.45) is 0 Å². The van der Waals surface area contributed by atoms with Crippen LogP contribution in [0.4, 0.5) is 14.6 Å². The van der Waals surface area contributed by atoms with E-state index < -0.39 is 16.4 Å². The van der Waals surface area contributed by atoms with Crippen LogP contribution in [0.1, 0.15) is 41.6 Å². The smallest absolute Gasteiger partial charge is 0.387 e. The molecule has 1 saturated heterocycles. The molecule has 2 aliphatic rings. The van der Waals surface area contributed by atoms with Crippen molar-refractivity contribution in [1.82, 2.24) is 9.78 Å². The number of hydrogen-bond acceptors (Lipinski definition) is 5. The van der Waals surface area contributed by atoms with Gasteiger partial charge < -0.3 is 10.1 Å². The van der Waals surface area contributed by atoms with Crippen LogP contribution in [0.3, 0.4) is 0 Å². The summed E-state index contributed by atoms with van der Waals surface area (Å²) >= 11 is 0. The number of sulfone groups is 1. The van der Waals surface area contributed by atoms with E-state index in [0.717, 1.165) is 5.56 Å². The molecular formula is C18H19F2N3O4S. The van der Waals surface area contributed by atoms with E-state index in [1.807, 2.05) is 0 Å². The quantitative estimate of drug-likeness (QED) is 0.835. The van der Waals surface area contributed by atoms with Crippen LogP contribution in [0, 0.1) is 6.92 Å². The van der Waals surface area contributed by atoms with Gasteiger partial charge in [0.25, 0.3) is 0 Å². The van der Waals surface area contributed by atoms with Crippen molar-refractivity contribution in [2.45, 2.75) is 38.3 Å². The van der Waals surface area contributed by atoms with Crippen molar-refractivity contribution in [3.8, 4) is 5.75 Å². The third kappa shape index (κ3) is 3.48. The minimum absolute atomic E-state index is 0.0151. The number of rotatable bonds is 4. The fraction of sp³-hybridized carbons (Fsp3) is 0.444. The molecule has 0 bridgehead atoms. The molecule has 4 rings (SSSR count). The largest absolute Gasteiger partial charge is 0.435 e. The highest BCUT2D eigenvalue weighted by molar-refractivity contribution is 7.91. The Labute approximate surface area is 160 Å². The van der Waals surface area contributed by atoms with E-state index >= 15 is 0 Å². The molecule has 0 saturated carbocycles. The molecular weight excluding hydrogens is 392 g/mol. The van der Waals surface area contributed by atoms with E-state index in [1.54, 1.807) is 23.7 Å². The first-order valence-electron chi connectivity index (χ1n) is 8.87. The highest BCUT2D eigenvalue weighted by Gasteiger charge is 2.37. The molecule has 0 unspecified atom stereocenters. The predicted octanol–water partition coefficient (Wildman–Crippen LogP) is 2.63. The summed E-state index contributed by atoms with van der Waals surface area (Å²) in [4.78, 5) is 12.4. The van der Waals surface area contributed by atoms with E-state index in [0.29, 0.717) is 23.5 Å². The number of aromatic nitrogens is 2. The van der Waals surface area contributed by atoms with Crippen LogP contribution in [0.2, 0.25) is 0 Å². The molecule has 150 valence electrons. The number of benzene rings is 1. The van der Waals surface area contributed by atoms with Gasteiger partial charge in [0.2, 0.25) is 5.91 Å². The van der Waals surface area contributed by atoms with E-state index in [4.69, 9.17) is 0 Å². The first-order valence-corrected chi connectivity index (χ1v) is 10.7. The second kappa shape index (κ2) is 6.84. The Hall–Kier alpha value is -2.49. The second-order valence-corrected chi connectivity index (χ2v) is 9.33. The predicted molar refractivity (Wildman–Crippen MR) is 97.4 cm³/mol. The summed E-state index contributed by atoms with van der Waals surface area (Å²) in [6.07, 6.45) is 0.578. The average Bonchev–Trinajstić information content (AvgIpc) is 3.13. The van der Waals surface area contributed by atoms with Crippen molar-refractivity contribution in [2.75, 3.05) is 16.8 Å². The van der Waals surface area contributed by atoms with Crippen molar-refractivity contribution in [3.05, 3.63) is 41.1 Å². The lowest BCUT2D eigenvalue weighted by Gasteiger charge is -2.25. The van der Waals surface area contributed by atoms with Crippen LogP contribution < -0.4 is 10.1 Å². The molecule has 2 atom stereocenters. The molecule has 28 heavy (non-hydrogen) atoms. The Balaban J connectivity index is 1.75. The van der Waals surface area contributed by atoms with Crippen LogP contribution in [0.5, 0.6) is 5.75 Å². The minimum atomic E-state index is -3.12. The molecule has 1 aromatic heterocycles. The number of aryl methyl sites for hydroxylation is 1. The number of anilines is 1. The SMILES string of the molecule is Cc1nn([C@H]2CCS(=O)(=O)C2)c2c1[C@H](c1cccc(OC(F)F)c1)CC(=O)N2. The van der Waals surface area contributed by atoms with Gasteiger partial charge in [0.05, 0.1) is 23.2 Å². The number of hydrogen-bond donors (Lipinski definition) is 1. The molecule has 0 spiro atoms. The number of halogens is 2. The zero-order valence-electron chi connectivity index (χ0n) is 15.1. The third-order valence-corrected chi connectivity index (χ3v) is 6.92. The fourth-order valence-corrected chi connectivity index (χ4v) is 5.69. The van der Waals surface area contributed by atoms with Gasteiger partial charge in [0.1, 0.15) is 11.6 Å². The molecule has 7 nitrogen and oxygen atoms in total. The summed E-state index contributed by atoms with van der Waals surface area (Å²) < 4.78 is 54.9. The third-order valence-electron chi connectivity index (χ3n) is 5.17. The maximum atomic E-state index is 12.5. The Morgan fingerprint density at radius 3 is 2.82 bits per heavy atom. The monoisotopic (exact) mass is 411 g/mol. The van der Waals surface area contributed by atoms with Gasteiger partial charge in [-0.2, -0.15) is 13.9 Å². The molecule has 2 aliphatic heterocycles. The summed E-state index contributed by atoms with van der Waals surface area (Å²) in [6, 6.07) is 5.94. The number of carbonyl (C=O) groups is 1. The summed E-state index contributed by atoms with van der Waals surface area (Å²) in [5.41, 5.74) is 2.11. The molecule has 1 amide bonds. The Bertz CT molecular complexity index is 1040.